The molecule has 4 heteroatoms. The van der Waals surface area contributed by atoms with Crippen LogP contribution in [0.15, 0.2) is 36.4 Å². The van der Waals surface area contributed by atoms with Gasteiger partial charge >= 0.3 is 0 Å². The van der Waals surface area contributed by atoms with Crippen LogP contribution in [0.1, 0.15) is 21.4 Å². The Hall–Kier alpha value is -1.23. The summed E-state index contributed by atoms with van der Waals surface area (Å²) in [7, 11) is 0. The maximum Gasteiger partial charge on any atom is 0.123 e. The molecule has 0 spiro atoms. The highest BCUT2D eigenvalue weighted by molar-refractivity contribution is 7.12. The van der Waals surface area contributed by atoms with Gasteiger partial charge in [-0.2, -0.15) is 0 Å². The van der Waals surface area contributed by atoms with Gasteiger partial charge in [0.15, 0.2) is 0 Å². The van der Waals surface area contributed by atoms with Gasteiger partial charge in [-0.25, -0.2) is 4.39 Å². The van der Waals surface area contributed by atoms with E-state index in [-0.39, 0.29) is 11.9 Å². The van der Waals surface area contributed by atoms with Gasteiger partial charge in [-0.3, -0.25) is 4.90 Å². The zero-order valence-electron chi connectivity index (χ0n) is 11.6. The Morgan fingerprint density at radius 2 is 1.80 bits per heavy atom. The first-order valence-corrected chi connectivity index (χ1v) is 7.82. The summed E-state index contributed by atoms with van der Waals surface area (Å²) in [5.74, 6) is -0.171. The molecule has 0 radical (unpaired) electrons. The number of piperazine rings is 1. The molecule has 0 aliphatic carbocycles. The first-order chi connectivity index (χ1) is 9.74. The number of nitrogens with one attached hydrogen (secondary N) is 1. The molecule has 2 heterocycles. The summed E-state index contributed by atoms with van der Waals surface area (Å²) in [6.45, 7) is 6.22. The van der Waals surface area contributed by atoms with E-state index < -0.39 is 0 Å². The molecule has 1 aromatic heterocycles. The molecule has 1 unspecified atom stereocenters. The number of aryl methyl sites for hydroxylation is 1. The molecule has 2 nitrogen and oxygen atoms in total. The van der Waals surface area contributed by atoms with Crippen LogP contribution in [-0.4, -0.2) is 31.1 Å². The highest BCUT2D eigenvalue weighted by atomic mass is 32.1. The van der Waals surface area contributed by atoms with Gasteiger partial charge in [0.2, 0.25) is 0 Å². The lowest BCUT2D eigenvalue weighted by molar-refractivity contribution is 0.200. The Morgan fingerprint density at radius 1 is 1.10 bits per heavy atom. The fourth-order valence-electron chi connectivity index (χ4n) is 2.74. The van der Waals surface area contributed by atoms with Crippen LogP contribution in [0.25, 0.3) is 0 Å². The van der Waals surface area contributed by atoms with Crippen molar-refractivity contribution in [1.29, 1.82) is 0 Å². The molecule has 0 bridgehead atoms. The first-order valence-electron chi connectivity index (χ1n) is 7.00. The molecule has 1 aromatic carbocycles. The third-order valence-corrected chi connectivity index (χ3v) is 4.79. The van der Waals surface area contributed by atoms with Gasteiger partial charge in [0.1, 0.15) is 5.82 Å². The van der Waals surface area contributed by atoms with E-state index in [1.54, 1.807) is 12.1 Å². The predicted molar refractivity (Wildman–Crippen MR) is 81.7 cm³/mol. The molecule has 106 valence electrons. The van der Waals surface area contributed by atoms with Crippen molar-refractivity contribution in [3.05, 3.63) is 57.5 Å². The largest absolute Gasteiger partial charge is 0.314 e. The molecule has 1 aliphatic heterocycles. The molecule has 3 rings (SSSR count). The van der Waals surface area contributed by atoms with Crippen molar-refractivity contribution in [2.75, 3.05) is 26.2 Å². The molecule has 0 amide bonds. The highest BCUT2D eigenvalue weighted by Crippen LogP contribution is 2.33. The van der Waals surface area contributed by atoms with Gasteiger partial charge in [-0.05, 0) is 36.8 Å². The summed E-state index contributed by atoms with van der Waals surface area (Å²) in [4.78, 5) is 5.15. The Bertz CT molecular complexity index is 558. The molecule has 20 heavy (non-hydrogen) atoms. The van der Waals surface area contributed by atoms with Crippen molar-refractivity contribution in [1.82, 2.24) is 10.2 Å². The van der Waals surface area contributed by atoms with E-state index in [1.807, 2.05) is 23.5 Å². The third-order valence-electron chi connectivity index (χ3n) is 3.73. The number of hydrogen-bond donors (Lipinski definition) is 1. The van der Waals surface area contributed by atoms with Crippen molar-refractivity contribution in [3.8, 4) is 0 Å². The number of benzene rings is 1. The van der Waals surface area contributed by atoms with Crippen LogP contribution in [0.5, 0.6) is 0 Å². The van der Waals surface area contributed by atoms with Crippen LogP contribution >= 0.6 is 11.3 Å². The molecular weight excluding hydrogens is 271 g/mol. The second-order valence-electron chi connectivity index (χ2n) is 5.19. The minimum Gasteiger partial charge on any atom is -0.314 e. The summed E-state index contributed by atoms with van der Waals surface area (Å²) in [6, 6.07) is 11.6. The van der Waals surface area contributed by atoms with Crippen LogP contribution in [0.4, 0.5) is 4.39 Å². The molecule has 1 fully saturated rings. The highest BCUT2D eigenvalue weighted by Gasteiger charge is 2.24. The van der Waals surface area contributed by atoms with E-state index in [2.05, 4.69) is 29.3 Å². The van der Waals surface area contributed by atoms with Crippen LogP contribution in [-0.2, 0) is 0 Å². The summed E-state index contributed by atoms with van der Waals surface area (Å²) in [6.07, 6.45) is 0. The van der Waals surface area contributed by atoms with Crippen molar-refractivity contribution in [2.45, 2.75) is 13.0 Å². The average Bonchev–Trinajstić information content (AvgIpc) is 2.89. The van der Waals surface area contributed by atoms with Crippen molar-refractivity contribution in [2.24, 2.45) is 0 Å². The monoisotopic (exact) mass is 290 g/mol. The summed E-state index contributed by atoms with van der Waals surface area (Å²) >= 11 is 1.83. The first kappa shape index (κ1) is 13.7. The normalized spacial score (nSPS) is 18.1. The molecule has 1 aliphatic rings. The van der Waals surface area contributed by atoms with Crippen molar-refractivity contribution < 1.29 is 4.39 Å². The third kappa shape index (κ3) is 2.92. The van der Waals surface area contributed by atoms with Gasteiger partial charge in [0.05, 0.1) is 6.04 Å². The zero-order valence-corrected chi connectivity index (χ0v) is 12.4. The van der Waals surface area contributed by atoms with E-state index in [4.69, 9.17) is 0 Å². The minimum atomic E-state index is -0.171. The van der Waals surface area contributed by atoms with E-state index in [9.17, 15) is 4.39 Å². The molecular formula is C16H19FN2S. The number of thiophene rings is 1. The molecule has 1 N–H and O–H groups in total. The lowest BCUT2D eigenvalue weighted by atomic mass is 10.0. The van der Waals surface area contributed by atoms with Crippen LogP contribution in [0.2, 0.25) is 0 Å². The Balaban J connectivity index is 1.95. The number of hydrogen-bond acceptors (Lipinski definition) is 3. The van der Waals surface area contributed by atoms with Gasteiger partial charge in [0, 0.05) is 35.9 Å². The second kappa shape index (κ2) is 6.04. The van der Waals surface area contributed by atoms with E-state index in [0.717, 1.165) is 26.2 Å². The van der Waals surface area contributed by atoms with Gasteiger partial charge in [0.25, 0.3) is 0 Å². The van der Waals surface area contributed by atoms with E-state index >= 15 is 0 Å². The van der Waals surface area contributed by atoms with Gasteiger partial charge < -0.3 is 5.32 Å². The molecule has 2 aromatic rings. The maximum absolute atomic E-state index is 13.2. The summed E-state index contributed by atoms with van der Waals surface area (Å²) in [5.41, 5.74) is 1.18. The maximum atomic E-state index is 13.2. The van der Waals surface area contributed by atoms with E-state index in [1.165, 1.54) is 15.3 Å². The number of halogens is 1. The fraction of sp³-hybridized carbons (Fsp3) is 0.375. The minimum absolute atomic E-state index is 0.171. The Labute approximate surface area is 123 Å². The smallest absolute Gasteiger partial charge is 0.123 e. The fourth-order valence-corrected chi connectivity index (χ4v) is 3.78. The standard InChI is InChI=1S/C16H19FN2S/c1-12-2-7-15(20-12)16(19-10-8-18-9-11-19)13-3-5-14(17)6-4-13/h2-7,16,18H,8-11H2,1H3. The van der Waals surface area contributed by atoms with E-state index in [0.29, 0.717) is 0 Å². The molecule has 1 saturated heterocycles. The predicted octanol–water partition coefficient (Wildman–Crippen LogP) is 3.19. The van der Waals surface area contributed by atoms with Crippen LogP contribution in [0.3, 0.4) is 0 Å². The summed E-state index contributed by atoms with van der Waals surface area (Å²) in [5, 5.41) is 3.39. The zero-order chi connectivity index (χ0) is 13.9. The summed E-state index contributed by atoms with van der Waals surface area (Å²) < 4.78 is 13.2. The second-order valence-corrected chi connectivity index (χ2v) is 6.51. The lowest BCUT2D eigenvalue weighted by Crippen LogP contribution is -2.45. The van der Waals surface area contributed by atoms with Gasteiger partial charge in [-0.1, -0.05) is 12.1 Å². The Kier molecular flexibility index (Phi) is 4.15. The van der Waals surface area contributed by atoms with Crippen LogP contribution < -0.4 is 5.32 Å². The average molecular weight is 290 g/mol. The quantitative estimate of drug-likeness (QED) is 0.934. The topological polar surface area (TPSA) is 15.3 Å². The van der Waals surface area contributed by atoms with Gasteiger partial charge in [-0.15, -0.1) is 11.3 Å². The molecule has 1 atom stereocenters. The number of nitrogens with zero attached hydrogens (tertiary/aromatic N) is 1. The SMILES string of the molecule is Cc1ccc(C(c2ccc(F)cc2)N2CCNCC2)s1. The Morgan fingerprint density at radius 3 is 2.40 bits per heavy atom. The van der Waals surface area contributed by atoms with Crippen molar-refractivity contribution >= 4 is 11.3 Å². The lowest BCUT2D eigenvalue weighted by Gasteiger charge is -2.34. The molecule has 0 saturated carbocycles. The van der Waals surface area contributed by atoms with Crippen LogP contribution in [0, 0.1) is 12.7 Å². The number of rotatable bonds is 3. The van der Waals surface area contributed by atoms with Crippen molar-refractivity contribution in [3.63, 3.8) is 0 Å².